The molecule has 0 atom stereocenters. The first-order valence-corrected chi connectivity index (χ1v) is 8.07. The summed E-state index contributed by atoms with van der Waals surface area (Å²) in [6.07, 6.45) is 0. The number of hydrogen-bond acceptors (Lipinski definition) is 4. The minimum atomic E-state index is -0.197. The first-order chi connectivity index (χ1) is 11.1. The summed E-state index contributed by atoms with van der Waals surface area (Å²) in [6.45, 7) is 8.46. The molecule has 1 saturated heterocycles. The molecule has 0 radical (unpaired) electrons. The molecule has 0 bridgehead atoms. The summed E-state index contributed by atoms with van der Waals surface area (Å²) in [7, 11) is 0. The van der Waals surface area contributed by atoms with E-state index in [0.29, 0.717) is 46.1 Å². The number of carbonyl (C=O) groups is 1. The number of rotatable bonds is 3. The molecule has 1 N–H and O–H groups in total. The van der Waals surface area contributed by atoms with Gasteiger partial charge in [-0.05, 0) is 17.7 Å². The van der Waals surface area contributed by atoms with Crippen molar-refractivity contribution in [3.8, 4) is 11.5 Å². The molecule has 1 fully saturated rings. The van der Waals surface area contributed by atoms with E-state index in [1.807, 2.05) is 18.2 Å². The van der Waals surface area contributed by atoms with Gasteiger partial charge in [0.1, 0.15) is 13.2 Å². The third kappa shape index (κ3) is 3.69. The fourth-order valence-electron chi connectivity index (χ4n) is 2.74. The van der Waals surface area contributed by atoms with Crippen molar-refractivity contribution in [2.24, 2.45) is 0 Å². The zero-order valence-corrected chi connectivity index (χ0v) is 13.8. The number of carbonyl (C=O) groups excluding carboxylic acids is 1. The van der Waals surface area contributed by atoms with Gasteiger partial charge in [0, 0.05) is 25.0 Å². The van der Waals surface area contributed by atoms with Gasteiger partial charge < -0.3 is 24.4 Å². The van der Waals surface area contributed by atoms with Gasteiger partial charge in [0.2, 0.25) is 0 Å². The van der Waals surface area contributed by atoms with Crippen LogP contribution in [0.3, 0.4) is 0 Å². The molecule has 2 heterocycles. The van der Waals surface area contributed by atoms with Gasteiger partial charge in [-0.25, -0.2) is 4.79 Å². The summed E-state index contributed by atoms with van der Waals surface area (Å²) < 4.78 is 16.5. The SMILES string of the molecule is CC(C)(CNC(=O)N1CCOCC1)c1ccc2c(c1)OCCO2. The smallest absolute Gasteiger partial charge is 0.317 e. The molecule has 126 valence electrons. The average Bonchev–Trinajstić information content (AvgIpc) is 2.60. The molecule has 0 unspecified atom stereocenters. The highest BCUT2D eigenvalue weighted by Crippen LogP contribution is 2.34. The van der Waals surface area contributed by atoms with Gasteiger partial charge in [-0.1, -0.05) is 19.9 Å². The maximum absolute atomic E-state index is 12.2. The molecule has 2 aliphatic rings. The highest BCUT2D eigenvalue weighted by molar-refractivity contribution is 5.74. The summed E-state index contributed by atoms with van der Waals surface area (Å²) in [5.74, 6) is 1.56. The number of amides is 2. The van der Waals surface area contributed by atoms with E-state index in [1.165, 1.54) is 0 Å². The van der Waals surface area contributed by atoms with Crippen molar-refractivity contribution >= 4 is 6.03 Å². The van der Waals surface area contributed by atoms with E-state index >= 15 is 0 Å². The molecule has 1 aromatic carbocycles. The molecule has 0 saturated carbocycles. The summed E-state index contributed by atoms with van der Waals surface area (Å²) in [4.78, 5) is 14.0. The fourth-order valence-corrected chi connectivity index (χ4v) is 2.74. The normalized spacial score (nSPS) is 17.7. The van der Waals surface area contributed by atoms with E-state index in [4.69, 9.17) is 14.2 Å². The second kappa shape index (κ2) is 6.66. The molecule has 2 aliphatic heterocycles. The number of hydrogen-bond donors (Lipinski definition) is 1. The molecule has 2 amide bonds. The summed E-state index contributed by atoms with van der Waals surface area (Å²) in [6, 6.07) is 5.96. The topological polar surface area (TPSA) is 60.0 Å². The van der Waals surface area contributed by atoms with E-state index in [-0.39, 0.29) is 11.4 Å². The van der Waals surface area contributed by atoms with Gasteiger partial charge in [0.05, 0.1) is 13.2 Å². The second-order valence-electron chi connectivity index (χ2n) is 6.50. The lowest BCUT2D eigenvalue weighted by Gasteiger charge is -2.31. The van der Waals surface area contributed by atoms with E-state index < -0.39 is 0 Å². The van der Waals surface area contributed by atoms with Crippen LogP contribution in [0, 0.1) is 0 Å². The van der Waals surface area contributed by atoms with Crippen LogP contribution in [0.4, 0.5) is 4.79 Å². The Bertz CT molecular complexity index is 568. The highest BCUT2D eigenvalue weighted by Gasteiger charge is 2.25. The Balaban J connectivity index is 1.63. The van der Waals surface area contributed by atoms with Crippen LogP contribution in [0.1, 0.15) is 19.4 Å². The number of nitrogens with one attached hydrogen (secondary N) is 1. The number of urea groups is 1. The number of benzene rings is 1. The van der Waals surface area contributed by atoms with Gasteiger partial charge in [0.15, 0.2) is 11.5 Å². The van der Waals surface area contributed by atoms with E-state index in [9.17, 15) is 4.79 Å². The van der Waals surface area contributed by atoms with E-state index in [2.05, 4.69) is 19.2 Å². The van der Waals surface area contributed by atoms with Crippen molar-refractivity contribution in [1.29, 1.82) is 0 Å². The minimum absolute atomic E-state index is 0.0288. The molecular weight excluding hydrogens is 296 g/mol. The van der Waals surface area contributed by atoms with Crippen LogP contribution < -0.4 is 14.8 Å². The number of ether oxygens (including phenoxy) is 3. The Morgan fingerprint density at radius 3 is 2.57 bits per heavy atom. The van der Waals surface area contributed by atoms with Gasteiger partial charge in [-0.3, -0.25) is 0 Å². The largest absolute Gasteiger partial charge is 0.486 e. The predicted octanol–water partition coefficient (Wildman–Crippen LogP) is 1.78. The van der Waals surface area contributed by atoms with Crippen LogP contribution in [0.2, 0.25) is 0 Å². The van der Waals surface area contributed by atoms with Crippen LogP contribution in [0.15, 0.2) is 18.2 Å². The average molecular weight is 320 g/mol. The maximum Gasteiger partial charge on any atom is 0.317 e. The van der Waals surface area contributed by atoms with Crippen LogP contribution in [-0.4, -0.2) is 57.0 Å². The van der Waals surface area contributed by atoms with Crippen molar-refractivity contribution in [3.05, 3.63) is 23.8 Å². The first-order valence-electron chi connectivity index (χ1n) is 8.07. The summed E-state index contributed by atoms with van der Waals surface area (Å²) >= 11 is 0. The molecule has 0 aliphatic carbocycles. The Labute approximate surface area is 136 Å². The van der Waals surface area contributed by atoms with Crippen LogP contribution in [0.5, 0.6) is 11.5 Å². The quantitative estimate of drug-likeness (QED) is 0.922. The summed E-state index contributed by atoms with van der Waals surface area (Å²) in [5.41, 5.74) is 0.918. The van der Waals surface area contributed by atoms with Gasteiger partial charge >= 0.3 is 6.03 Å². The zero-order valence-electron chi connectivity index (χ0n) is 13.8. The maximum atomic E-state index is 12.2. The zero-order chi connectivity index (χ0) is 16.3. The number of nitrogens with zero attached hydrogens (tertiary/aromatic N) is 1. The van der Waals surface area contributed by atoms with Crippen LogP contribution in [-0.2, 0) is 10.2 Å². The van der Waals surface area contributed by atoms with Crippen molar-refractivity contribution in [3.63, 3.8) is 0 Å². The molecule has 23 heavy (non-hydrogen) atoms. The van der Waals surface area contributed by atoms with Crippen molar-refractivity contribution in [2.45, 2.75) is 19.3 Å². The third-order valence-electron chi connectivity index (χ3n) is 4.30. The molecule has 1 aromatic rings. The highest BCUT2D eigenvalue weighted by atomic mass is 16.6. The second-order valence-corrected chi connectivity index (χ2v) is 6.50. The van der Waals surface area contributed by atoms with Gasteiger partial charge in [-0.15, -0.1) is 0 Å². The van der Waals surface area contributed by atoms with Crippen LogP contribution >= 0.6 is 0 Å². The standard InChI is InChI=1S/C17H24N2O4/c1-17(2,12-18-16(20)19-5-7-21-8-6-19)13-3-4-14-15(11-13)23-10-9-22-14/h3-4,11H,5-10,12H2,1-2H3,(H,18,20). The Morgan fingerprint density at radius 2 is 1.83 bits per heavy atom. The molecule has 6 heteroatoms. The molecule has 6 nitrogen and oxygen atoms in total. The molecule has 0 aromatic heterocycles. The van der Waals surface area contributed by atoms with E-state index in [1.54, 1.807) is 4.90 Å². The summed E-state index contributed by atoms with van der Waals surface area (Å²) in [5, 5.41) is 3.03. The first kappa shape index (κ1) is 15.9. The van der Waals surface area contributed by atoms with Gasteiger partial charge in [-0.2, -0.15) is 0 Å². The Morgan fingerprint density at radius 1 is 1.13 bits per heavy atom. The van der Waals surface area contributed by atoms with Crippen molar-refractivity contribution < 1.29 is 19.0 Å². The van der Waals surface area contributed by atoms with Crippen molar-refractivity contribution in [2.75, 3.05) is 46.1 Å². The lowest BCUT2D eigenvalue weighted by atomic mass is 9.84. The predicted molar refractivity (Wildman–Crippen MR) is 86.2 cm³/mol. The van der Waals surface area contributed by atoms with Crippen molar-refractivity contribution in [1.82, 2.24) is 10.2 Å². The lowest BCUT2D eigenvalue weighted by Crippen LogP contribution is -2.48. The molecule has 0 spiro atoms. The van der Waals surface area contributed by atoms with Crippen LogP contribution in [0.25, 0.3) is 0 Å². The van der Waals surface area contributed by atoms with E-state index in [0.717, 1.165) is 17.1 Å². The van der Waals surface area contributed by atoms with Gasteiger partial charge in [0.25, 0.3) is 0 Å². The molecule has 3 rings (SSSR count). The minimum Gasteiger partial charge on any atom is -0.486 e. The molecular formula is C17H24N2O4. The Kier molecular flexibility index (Phi) is 4.61. The Hall–Kier alpha value is -1.95. The number of fused-ring (bicyclic) bond motifs is 1. The fraction of sp³-hybridized carbons (Fsp3) is 0.588. The number of morpholine rings is 1. The monoisotopic (exact) mass is 320 g/mol. The lowest BCUT2D eigenvalue weighted by molar-refractivity contribution is 0.0529. The third-order valence-corrected chi connectivity index (χ3v) is 4.30.